The molecule has 0 saturated heterocycles. The maximum Gasteiger partial charge on any atom is 0.169 e. The molecule has 0 aromatic heterocycles. The van der Waals surface area contributed by atoms with Gasteiger partial charge in [0.1, 0.15) is 11.6 Å². The van der Waals surface area contributed by atoms with Crippen LogP contribution in [0, 0.1) is 11.7 Å². The molecular formula is C12H10BrFO2. The number of hydrogen-bond donors (Lipinski definition) is 0. The lowest BCUT2D eigenvalue weighted by Gasteiger charge is -2.08. The third-order valence-electron chi connectivity index (χ3n) is 2.81. The summed E-state index contributed by atoms with van der Waals surface area (Å²) in [7, 11) is 0. The van der Waals surface area contributed by atoms with Crippen LogP contribution in [0.25, 0.3) is 0 Å². The second kappa shape index (κ2) is 4.45. The molecule has 1 aromatic rings. The monoisotopic (exact) mass is 284 g/mol. The minimum atomic E-state index is -0.529. The van der Waals surface area contributed by atoms with Gasteiger partial charge < -0.3 is 0 Å². The zero-order valence-corrected chi connectivity index (χ0v) is 10.1. The summed E-state index contributed by atoms with van der Waals surface area (Å²) in [5.41, 5.74) is 0.0860. The van der Waals surface area contributed by atoms with E-state index >= 15 is 0 Å². The minimum absolute atomic E-state index is 0.0860. The lowest BCUT2D eigenvalue weighted by molar-refractivity contribution is -0.117. The Morgan fingerprint density at radius 2 is 2.19 bits per heavy atom. The van der Waals surface area contributed by atoms with Crippen molar-refractivity contribution >= 4 is 27.5 Å². The summed E-state index contributed by atoms with van der Waals surface area (Å²) in [6, 6.07) is 4.36. The van der Waals surface area contributed by atoms with Gasteiger partial charge in [-0.1, -0.05) is 15.9 Å². The van der Waals surface area contributed by atoms with Gasteiger partial charge >= 0.3 is 0 Å². The third kappa shape index (κ3) is 2.21. The number of Topliss-reactive ketones (excluding diaryl/α,β-unsaturated/α-hetero) is 2. The molecule has 0 spiro atoms. The van der Waals surface area contributed by atoms with Gasteiger partial charge in [0.05, 0.1) is 5.56 Å². The molecule has 0 N–H and O–H groups in total. The van der Waals surface area contributed by atoms with Crippen LogP contribution in [0.3, 0.4) is 0 Å². The van der Waals surface area contributed by atoms with Gasteiger partial charge in [0.25, 0.3) is 0 Å². The minimum Gasteiger partial charge on any atom is -0.300 e. The summed E-state index contributed by atoms with van der Waals surface area (Å²) in [6.07, 6.45) is 1.25. The molecular weight excluding hydrogens is 275 g/mol. The topological polar surface area (TPSA) is 34.1 Å². The number of carbonyl (C=O) groups excluding carboxylic acids is 2. The normalized spacial score (nSPS) is 20.1. The highest BCUT2D eigenvalue weighted by Gasteiger charge is 2.30. The van der Waals surface area contributed by atoms with E-state index in [1.54, 1.807) is 6.07 Å². The lowest BCUT2D eigenvalue weighted by atomic mass is 9.96. The molecule has 1 aliphatic carbocycles. The van der Waals surface area contributed by atoms with E-state index in [1.807, 2.05) is 0 Å². The largest absolute Gasteiger partial charge is 0.300 e. The van der Waals surface area contributed by atoms with Crippen LogP contribution in [0.1, 0.15) is 29.6 Å². The van der Waals surface area contributed by atoms with Crippen LogP contribution in [0.4, 0.5) is 4.39 Å². The van der Waals surface area contributed by atoms with E-state index in [2.05, 4.69) is 15.9 Å². The van der Waals surface area contributed by atoms with Crippen molar-refractivity contribution < 1.29 is 14.0 Å². The first-order valence-electron chi connectivity index (χ1n) is 5.09. The lowest BCUT2D eigenvalue weighted by Crippen LogP contribution is -2.13. The Bertz CT molecular complexity index is 456. The number of carbonyl (C=O) groups is 2. The van der Waals surface area contributed by atoms with E-state index < -0.39 is 5.82 Å². The summed E-state index contributed by atoms with van der Waals surface area (Å²) >= 11 is 3.13. The zero-order chi connectivity index (χ0) is 11.7. The van der Waals surface area contributed by atoms with Crippen molar-refractivity contribution in [2.75, 3.05) is 0 Å². The zero-order valence-electron chi connectivity index (χ0n) is 8.50. The summed E-state index contributed by atoms with van der Waals surface area (Å²) < 4.78 is 14.1. The standard InChI is InChI=1S/C12H10BrFO2/c13-8-2-4-10(11(14)6-8)12(16)7-1-3-9(15)5-7/h2,4,6-7H,1,3,5H2. The molecule has 0 radical (unpaired) electrons. The van der Waals surface area contributed by atoms with Crippen molar-refractivity contribution in [2.45, 2.75) is 19.3 Å². The van der Waals surface area contributed by atoms with Crippen LogP contribution in [-0.2, 0) is 4.79 Å². The molecule has 1 saturated carbocycles. The number of hydrogen-bond acceptors (Lipinski definition) is 2. The number of benzene rings is 1. The van der Waals surface area contributed by atoms with Crippen LogP contribution in [0.2, 0.25) is 0 Å². The molecule has 84 valence electrons. The molecule has 0 bridgehead atoms. The third-order valence-corrected chi connectivity index (χ3v) is 3.31. The molecule has 1 fully saturated rings. The highest BCUT2D eigenvalue weighted by atomic mass is 79.9. The molecule has 1 atom stereocenters. The van der Waals surface area contributed by atoms with Gasteiger partial charge in [-0.3, -0.25) is 9.59 Å². The highest BCUT2D eigenvalue weighted by Crippen LogP contribution is 2.27. The molecule has 16 heavy (non-hydrogen) atoms. The molecule has 1 aliphatic rings. The van der Waals surface area contributed by atoms with Crippen molar-refractivity contribution in [1.82, 2.24) is 0 Å². The number of rotatable bonds is 2. The van der Waals surface area contributed by atoms with Crippen LogP contribution in [0.15, 0.2) is 22.7 Å². The summed E-state index contributed by atoms with van der Waals surface area (Å²) in [5, 5.41) is 0. The van der Waals surface area contributed by atoms with Gasteiger partial charge in [-0.15, -0.1) is 0 Å². The van der Waals surface area contributed by atoms with Gasteiger partial charge in [-0.05, 0) is 24.6 Å². The van der Waals surface area contributed by atoms with Crippen LogP contribution < -0.4 is 0 Å². The van der Waals surface area contributed by atoms with Crippen LogP contribution in [-0.4, -0.2) is 11.6 Å². The van der Waals surface area contributed by atoms with E-state index in [-0.39, 0.29) is 29.5 Å². The number of ketones is 2. The summed E-state index contributed by atoms with van der Waals surface area (Å²) in [6.45, 7) is 0. The second-order valence-electron chi connectivity index (χ2n) is 3.97. The van der Waals surface area contributed by atoms with Crippen molar-refractivity contribution in [3.05, 3.63) is 34.1 Å². The van der Waals surface area contributed by atoms with Crippen LogP contribution in [0.5, 0.6) is 0 Å². The smallest absolute Gasteiger partial charge is 0.169 e. The summed E-state index contributed by atoms with van der Waals surface area (Å²) in [4.78, 5) is 23.0. The molecule has 0 aliphatic heterocycles. The predicted octanol–water partition coefficient (Wildman–Crippen LogP) is 3.14. The average Bonchev–Trinajstić information content (AvgIpc) is 2.64. The Morgan fingerprint density at radius 1 is 1.44 bits per heavy atom. The van der Waals surface area contributed by atoms with E-state index in [9.17, 15) is 14.0 Å². The summed E-state index contributed by atoms with van der Waals surface area (Å²) in [5.74, 6) is -1.02. The number of halogens is 2. The molecule has 2 rings (SSSR count). The van der Waals surface area contributed by atoms with Gasteiger partial charge in [0, 0.05) is 23.2 Å². The first kappa shape index (κ1) is 11.5. The molecule has 1 aromatic carbocycles. The van der Waals surface area contributed by atoms with E-state index in [1.165, 1.54) is 12.1 Å². The maximum absolute atomic E-state index is 13.5. The molecule has 2 nitrogen and oxygen atoms in total. The first-order valence-corrected chi connectivity index (χ1v) is 5.88. The quantitative estimate of drug-likeness (QED) is 0.782. The van der Waals surface area contributed by atoms with E-state index in [4.69, 9.17) is 0 Å². The van der Waals surface area contributed by atoms with Gasteiger partial charge in [-0.25, -0.2) is 4.39 Å². The van der Waals surface area contributed by atoms with Gasteiger partial charge in [-0.2, -0.15) is 0 Å². The van der Waals surface area contributed by atoms with Gasteiger partial charge in [0.15, 0.2) is 5.78 Å². The fraction of sp³-hybridized carbons (Fsp3) is 0.333. The van der Waals surface area contributed by atoms with Crippen molar-refractivity contribution in [1.29, 1.82) is 0 Å². The Labute approximate surface area is 101 Å². The molecule has 4 heteroatoms. The fourth-order valence-electron chi connectivity index (χ4n) is 1.95. The molecule has 0 amide bonds. The SMILES string of the molecule is O=C1CCC(C(=O)c2ccc(Br)cc2F)C1. The Balaban J connectivity index is 2.24. The van der Waals surface area contributed by atoms with Gasteiger partial charge in [0.2, 0.25) is 0 Å². The van der Waals surface area contributed by atoms with Crippen molar-refractivity contribution in [3.63, 3.8) is 0 Å². The average molecular weight is 285 g/mol. The Morgan fingerprint density at radius 3 is 2.75 bits per heavy atom. The molecule has 0 heterocycles. The Kier molecular flexibility index (Phi) is 3.19. The second-order valence-corrected chi connectivity index (χ2v) is 4.88. The maximum atomic E-state index is 13.5. The van der Waals surface area contributed by atoms with Crippen molar-refractivity contribution in [2.24, 2.45) is 5.92 Å². The van der Waals surface area contributed by atoms with E-state index in [0.29, 0.717) is 17.3 Å². The molecule has 1 unspecified atom stereocenters. The fourth-order valence-corrected chi connectivity index (χ4v) is 2.28. The Hall–Kier alpha value is -1.03. The predicted molar refractivity (Wildman–Crippen MR) is 60.8 cm³/mol. The van der Waals surface area contributed by atoms with E-state index in [0.717, 1.165) is 0 Å². The first-order chi connectivity index (χ1) is 7.58. The van der Waals surface area contributed by atoms with Crippen molar-refractivity contribution in [3.8, 4) is 0 Å². The highest BCUT2D eigenvalue weighted by molar-refractivity contribution is 9.10. The van der Waals surface area contributed by atoms with Crippen LogP contribution >= 0.6 is 15.9 Å².